The van der Waals surface area contributed by atoms with E-state index in [0.29, 0.717) is 26.2 Å². The summed E-state index contributed by atoms with van der Waals surface area (Å²) in [5.41, 5.74) is 4.03. The van der Waals surface area contributed by atoms with Gasteiger partial charge in [-0.1, -0.05) is 13.8 Å². The Hall–Kier alpha value is -1.77. The molecule has 8 heteroatoms. The van der Waals surface area contributed by atoms with Crippen LogP contribution in [-0.4, -0.2) is 58.0 Å². The van der Waals surface area contributed by atoms with Crippen LogP contribution in [0.5, 0.6) is 0 Å². The molecule has 0 saturated carbocycles. The SMILES string of the molecule is CCN(CC)S(=O)(=O)N1CCC[C@H](c2cc(-c3cnn(C)c3)cc(C)n2)C1. The molecule has 0 N–H and O–H groups in total. The van der Waals surface area contributed by atoms with E-state index in [0.717, 1.165) is 35.4 Å². The number of hydrogen-bond acceptors (Lipinski definition) is 4. The number of piperidine rings is 1. The van der Waals surface area contributed by atoms with Gasteiger partial charge in [-0.05, 0) is 37.5 Å². The van der Waals surface area contributed by atoms with Crippen molar-refractivity contribution in [3.63, 3.8) is 0 Å². The first-order valence-corrected chi connectivity index (χ1v) is 11.0. The van der Waals surface area contributed by atoms with Crippen LogP contribution in [-0.2, 0) is 17.3 Å². The Morgan fingerprint density at radius 1 is 1.22 bits per heavy atom. The first kappa shape index (κ1) is 20.0. The van der Waals surface area contributed by atoms with E-state index in [1.54, 1.807) is 8.99 Å². The summed E-state index contributed by atoms with van der Waals surface area (Å²) in [6.45, 7) is 7.80. The van der Waals surface area contributed by atoms with Gasteiger partial charge in [-0.2, -0.15) is 22.1 Å². The van der Waals surface area contributed by atoms with Gasteiger partial charge in [-0.3, -0.25) is 9.67 Å². The monoisotopic (exact) mass is 391 g/mol. The molecule has 0 radical (unpaired) electrons. The molecular formula is C19H29N5O2S. The Morgan fingerprint density at radius 3 is 2.59 bits per heavy atom. The molecule has 3 heterocycles. The second kappa shape index (κ2) is 8.08. The van der Waals surface area contributed by atoms with Gasteiger partial charge in [0, 0.05) is 62.3 Å². The second-order valence-corrected chi connectivity index (χ2v) is 9.04. The zero-order chi connectivity index (χ0) is 19.6. The highest BCUT2D eigenvalue weighted by Gasteiger charge is 2.33. The first-order valence-electron chi connectivity index (χ1n) is 9.58. The van der Waals surface area contributed by atoms with Crippen LogP contribution in [0.4, 0.5) is 0 Å². The van der Waals surface area contributed by atoms with Gasteiger partial charge in [-0.25, -0.2) is 0 Å². The Kier molecular flexibility index (Phi) is 5.98. The van der Waals surface area contributed by atoms with Crippen LogP contribution in [0.2, 0.25) is 0 Å². The van der Waals surface area contributed by atoms with E-state index in [9.17, 15) is 8.42 Å². The fourth-order valence-electron chi connectivity index (χ4n) is 3.75. The molecule has 27 heavy (non-hydrogen) atoms. The molecular weight excluding hydrogens is 362 g/mol. The fraction of sp³-hybridized carbons (Fsp3) is 0.579. The van der Waals surface area contributed by atoms with E-state index in [1.807, 2.05) is 46.3 Å². The minimum absolute atomic E-state index is 0.111. The summed E-state index contributed by atoms with van der Waals surface area (Å²) in [6.07, 6.45) is 5.63. The predicted octanol–water partition coefficient (Wildman–Crippen LogP) is 2.56. The van der Waals surface area contributed by atoms with Gasteiger partial charge < -0.3 is 0 Å². The van der Waals surface area contributed by atoms with Crippen molar-refractivity contribution in [1.82, 2.24) is 23.4 Å². The lowest BCUT2D eigenvalue weighted by Gasteiger charge is -2.35. The molecule has 148 valence electrons. The van der Waals surface area contributed by atoms with Crippen molar-refractivity contribution in [2.24, 2.45) is 7.05 Å². The Labute approximate surface area is 162 Å². The largest absolute Gasteiger partial charge is 0.281 e. The fourth-order valence-corrected chi connectivity index (χ4v) is 5.45. The maximum absolute atomic E-state index is 12.9. The summed E-state index contributed by atoms with van der Waals surface area (Å²) >= 11 is 0. The summed E-state index contributed by atoms with van der Waals surface area (Å²) in [6, 6.07) is 4.13. The summed E-state index contributed by atoms with van der Waals surface area (Å²) in [5.74, 6) is 0.111. The molecule has 0 spiro atoms. The van der Waals surface area contributed by atoms with Crippen molar-refractivity contribution in [3.05, 3.63) is 35.9 Å². The Balaban J connectivity index is 1.87. The predicted molar refractivity (Wildman–Crippen MR) is 107 cm³/mol. The number of pyridine rings is 1. The van der Waals surface area contributed by atoms with Crippen molar-refractivity contribution >= 4 is 10.2 Å². The van der Waals surface area contributed by atoms with Crippen molar-refractivity contribution < 1.29 is 8.42 Å². The normalized spacial score (nSPS) is 18.9. The van der Waals surface area contributed by atoms with Crippen LogP contribution in [0.1, 0.15) is 44.0 Å². The molecule has 0 amide bonds. The number of hydrogen-bond donors (Lipinski definition) is 0. The molecule has 2 aromatic heterocycles. The van der Waals surface area contributed by atoms with Crippen molar-refractivity contribution in [2.45, 2.75) is 39.5 Å². The van der Waals surface area contributed by atoms with Crippen LogP contribution in [0, 0.1) is 6.92 Å². The molecule has 1 aliphatic rings. The molecule has 1 saturated heterocycles. The minimum Gasteiger partial charge on any atom is -0.275 e. The summed E-state index contributed by atoms with van der Waals surface area (Å²) in [4.78, 5) is 4.73. The van der Waals surface area contributed by atoms with E-state index in [4.69, 9.17) is 4.98 Å². The van der Waals surface area contributed by atoms with E-state index in [1.165, 1.54) is 4.31 Å². The molecule has 1 aliphatic heterocycles. The summed E-state index contributed by atoms with van der Waals surface area (Å²) < 4.78 is 30.7. The zero-order valence-corrected chi connectivity index (χ0v) is 17.4. The van der Waals surface area contributed by atoms with E-state index in [2.05, 4.69) is 11.2 Å². The number of aryl methyl sites for hydroxylation is 2. The second-order valence-electron chi connectivity index (χ2n) is 7.11. The van der Waals surface area contributed by atoms with Gasteiger partial charge >= 0.3 is 0 Å². The Bertz CT molecular complexity index is 889. The van der Waals surface area contributed by atoms with Crippen molar-refractivity contribution in [1.29, 1.82) is 0 Å². The quantitative estimate of drug-likeness (QED) is 0.759. The molecule has 0 aromatic carbocycles. The average Bonchev–Trinajstić information content (AvgIpc) is 3.08. The number of rotatable bonds is 6. The summed E-state index contributed by atoms with van der Waals surface area (Å²) in [7, 11) is -1.51. The van der Waals surface area contributed by atoms with Gasteiger partial charge in [0.25, 0.3) is 10.2 Å². The maximum Gasteiger partial charge on any atom is 0.281 e. The highest BCUT2D eigenvalue weighted by molar-refractivity contribution is 7.86. The Morgan fingerprint density at radius 2 is 1.96 bits per heavy atom. The molecule has 0 aliphatic carbocycles. The van der Waals surface area contributed by atoms with Gasteiger partial charge in [-0.15, -0.1) is 0 Å². The lowest BCUT2D eigenvalue weighted by Crippen LogP contribution is -2.47. The molecule has 0 bridgehead atoms. The molecule has 1 fully saturated rings. The van der Waals surface area contributed by atoms with Gasteiger partial charge in [0.2, 0.25) is 0 Å². The van der Waals surface area contributed by atoms with Crippen LogP contribution < -0.4 is 0 Å². The van der Waals surface area contributed by atoms with E-state index < -0.39 is 10.2 Å². The number of nitrogens with zero attached hydrogens (tertiary/aromatic N) is 5. The smallest absolute Gasteiger partial charge is 0.275 e. The lowest BCUT2D eigenvalue weighted by atomic mass is 9.93. The molecule has 0 unspecified atom stereocenters. The molecule has 2 aromatic rings. The maximum atomic E-state index is 12.9. The minimum atomic E-state index is -3.41. The zero-order valence-electron chi connectivity index (χ0n) is 16.6. The number of aromatic nitrogens is 3. The third-order valence-corrected chi connectivity index (χ3v) is 7.33. The van der Waals surface area contributed by atoms with Crippen molar-refractivity contribution in [3.8, 4) is 11.1 Å². The standard InChI is InChI=1S/C19H29N5O2S/c1-5-23(6-2)27(25,26)24-9-7-8-16(14-24)19-11-17(10-15(3)21-19)18-12-20-22(4)13-18/h10-13,16H,5-9,14H2,1-4H3/t16-/m0/s1. The lowest BCUT2D eigenvalue weighted by molar-refractivity contribution is 0.285. The third-order valence-electron chi connectivity index (χ3n) is 5.17. The molecule has 3 rings (SSSR count). The highest BCUT2D eigenvalue weighted by Crippen LogP contribution is 2.31. The van der Waals surface area contributed by atoms with Crippen LogP contribution in [0.3, 0.4) is 0 Å². The molecule has 7 nitrogen and oxygen atoms in total. The molecule has 1 atom stereocenters. The van der Waals surface area contributed by atoms with Crippen molar-refractivity contribution in [2.75, 3.05) is 26.2 Å². The van der Waals surface area contributed by atoms with Gasteiger partial charge in [0.15, 0.2) is 0 Å². The van der Waals surface area contributed by atoms with Crippen LogP contribution in [0.25, 0.3) is 11.1 Å². The average molecular weight is 392 g/mol. The summed E-state index contributed by atoms with van der Waals surface area (Å²) in [5, 5.41) is 4.25. The van der Waals surface area contributed by atoms with Gasteiger partial charge in [0.05, 0.1) is 6.20 Å². The van der Waals surface area contributed by atoms with E-state index in [-0.39, 0.29) is 5.92 Å². The van der Waals surface area contributed by atoms with Gasteiger partial charge in [0.1, 0.15) is 0 Å². The highest BCUT2D eigenvalue weighted by atomic mass is 32.2. The van der Waals surface area contributed by atoms with Crippen LogP contribution in [0.15, 0.2) is 24.5 Å². The van der Waals surface area contributed by atoms with E-state index >= 15 is 0 Å². The first-order chi connectivity index (χ1) is 12.8. The topological polar surface area (TPSA) is 71.3 Å². The van der Waals surface area contributed by atoms with Crippen LogP contribution >= 0.6 is 0 Å². The third kappa shape index (κ3) is 4.23.